The summed E-state index contributed by atoms with van der Waals surface area (Å²) < 4.78 is 5.80. The summed E-state index contributed by atoms with van der Waals surface area (Å²) in [5.41, 5.74) is 0.0356. The molecule has 0 saturated carbocycles. The van der Waals surface area contributed by atoms with Gasteiger partial charge in [0.2, 0.25) is 0 Å². The topological polar surface area (TPSA) is 81.4 Å². The van der Waals surface area contributed by atoms with Crippen molar-refractivity contribution in [3.8, 4) is 0 Å². The maximum absolute atomic E-state index is 11.9. The van der Waals surface area contributed by atoms with Gasteiger partial charge in [-0.2, -0.15) is 5.10 Å². The van der Waals surface area contributed by atoms with E-state index in [2.05, 4.69) is 5.10 Å². The molecule has 0 fully saturated rings. The van der Waals surface area contributed by atoms with Gasteiger partial charge in [-0.1, -0.05) is 18.2 Å². The van der Waals surface area contributed by atoms with Gasteiger partial charge < -0.3 is 9.84 Å². The van der Waals surface area contributed by atoms with E-state index in [9.17, 15) is 9.59 Å². The van der Waals surface area contributed by atoms with Gasteiger partial charge in [0, 0.05) is 5.39 Å². The second-order valence-corrected chi connectivity index (χ2v) is 3.92. The third kappa shape index (κ3) is 2.63. The lowest BCUT2D eigenvalue weighted by Gasteiger charge is -2.08. The number of carbonyl (C=O) groups excluding carboxylic acids is 1. The maximum atomic E-state index is 11.9. The Morgan fingerprint density at radius 3 is 2.68 bits per heavy atom. The lowest BCUT2D eigenvalue weighted by Crippen LogP contribution is -2.25. The predicted octanol–water partition coefficient (Wildman–Crippen LogP) is 0.452. The highest BCUT2D eigenvalue weighted by Crippen LogP contribution is 2.14. The van der Waals surface area contributed by atoms with E-state index in [1.165, 1.54) is 0 Å². The molecule has 6 nitrogen and oxygen atoms in total. The van der Waals surface area contributed by atoms with E-state index in [4.69, 9.17) is 9.84 Å². The number of benzene rings is 1. The molecule has 19 heavy (non-hydrogen) atoms. The number of aliphatic hydroxyl groups is 1. The van der Waals surface area contributed by atoms with Crippen LogP contribution in [-0.4, -0.2) is 27.5 Å². The molecule has 0 saturated heterocycles. The van der Waals surface area contributed by atoms with Crippen LogP contribution in [0.1, 0.15) is 12.6 Å². The summed E-state index contributed by atoms with van der Waals surface area (Å²) >= 11 is 0. The average Bonchev–Trinajstić information content (AvgIpc) is 2.42. The molecule has 0 aliphatic rings. The molecular formula is C13H14N2O4. The molecule has 6 heteroatoms. The molecule has 0 unspecified atom stereocenters. The van der Waals surface area contributed by atoms with Crippen molar-refractivity contribution < 1.29 is 14.6 Å². The Labute approximate surface area is 109 Å². The van der Waals surface area contributed by atoms with Gasteiger partial charge in [-0.25, -0.2) is 4.68 Å². The van der Waals surface area contributed by atoms with Crippen molar-refractivity contribution in [2.24, 2.45) is 0 Å². The largest absolute Gasteiger partial charge is 0.466 e. The number of carbonyl (C=O) groups is 1. The first-order valence-corrected chi connectivity index (χ1v) is 5.92. The van der Waals surface area contributed by atoms with E-state index in [1.54, 1.807) is 31.2 Å². The van der Waals surface area contributed by atoms with Gasteiger partial charge in [0.15, 0.2) is 0 Å². The van der Waals surface area contributed by atoms with Crippen molar-refractivity contribution in [3.05, 3.63) is 40.3 Å². The molecule has 2 aromatic rings. The van der Waals surface area contributed by atoms with Crippen LogP contribution < -0.4 is 5.56 Å². The van der Waals surface area contributed by atoms with Crippen molar-refractivity contribution in [3.63, 3.8) is 0 Å². The van der Waals surface area contributed by atoms with Crippen molar-refractivity contribution in [1.29, 1.82) is 0 Å². The standard InChI is InChI=1S/C13H14N2O4/c1-2-19-12(17)7-11-9-5-3-4-6-10(9)13(18)15(8-16)14-11/h3-6,16H,2,7-8H2,1H3. The van der Waals surface area contributed by atoms with E-state index in [1.807, 2.05) is 0 Å². The number of esters is 1. The van der Waals surface area contributed by atoms with Crippen LogP contribution in [0.5, 0.6) is 0 Å². The smallest absolute Gasteiger partial charge is 0.311 e. The zero-order chi connectivity index (χ0) is 13.8. The average molecular weight is 262 g/mol. The molecule has 0 radical (unpaired) electrons. The minimum atomic E-state index is -0.528. The Hall–Kier alpha value is -2.21. The van der Waals surface area contributed by atoms with Gasteiger partial charge >= 0.3 is 5.97 Å². The Morgan fingerprint density at radius 1 is 1.37 bits per heavy atom. The Morgan fingerprint density at radius 2 is 2.05 bits per heavy atom. The van der Waals surface area contributed by atoms with Crippen LogP contribution in [0.3, 0.4) is 0 Å². The second-order valence-electron chi connectivity index (χ2n) is 3.92. The van der Waals surface area contributed by atoms with Crippen LogP contribution >= 0.6 is 0 Å². The number of ether oxygens (including phenoxy) is 1. The molecule has 0 bridgehead atoms. The number of hydrogen-bond acceptors (Lipinski definition) is 5. The summed E-state index contributed by atoms with van der Waals surface area (Å²) in [7, 11) is 0. The van der Waals surface area contributed by atoms with Crippen molar-refractivity contribution >= 4 is 16.7 Å². The van der Waals surface area contributed by atoms with Crippen LogP contribution in [0.15, 0.2) is 29.1 Å². The summed E-state index contributed by atoms with van der Waals surface area (Å²) in [5.74, 6) is -0.414. The fraction of sp³-hybridized carbons (Fsp3) is 0.308. The summed E-state index contributed by atoms with van der Waals surface area (Å²) in [4.78, 5) is 23.5. The van der Waals surface area contributed by atoms with E-state index in [-0.39, 0.29) is 18.6 Å². The SMILES string of the molecule is CCOC(=O)Cc1nn(CO)c(=O)c2ccccc12. The summed E-state index contributed by atoms with van der Waals surface area (Å²) in [5, 5.41) is 14.1. The molecule has 0 aliphatic heterocycles. The molecule has 1 heterocycles. The van der Waals surface area contributed by atoms with Crippen LogP contribution in [0, 0.1) is 0 Å². The van der Waals surface area contributed by atoms with Crippen LogP contribution in [0.25, 0.3) is 10.8 Å². The maximum Gasteiger partial charge on any atom is 0.311 e. The molecule has 0 amide bonds. The monoisotopic (exact) mass is 262 g/mol. The van der Waals surface area contributed by atoms with Gasteiger partial charge in [-0.05, 0) is 13.0 Å². The van der Waals surface area contributed by atoms with Gasteiger partial charge in [-0.3, -0.25) is 9.59 Å². The summed E-state index contributed by atoms with van der Waals surface area (Å²) in [6.07, 6.45) is -0.0331. The predicted molar refractivity (Wildman–Crippen MR) is 68.6 cm³/mol. The zero-order valence-corrected chi connectivity index (χ0v) is 10.5. The van der Waals surface area contributed by atoms with E-state index in [0.29, 0.717) is 16.5 Å². The lowest BCUT2D eigenvalue weighted by molar-refractivity contribution is -0.142. The van der Waals surface area contributed by atoms with Gasteiger partial charge in [0.1, 0.15) is 6.73 Å². The molecule has 0 atom stereocenters. The van der Waals surface area contributed by atoms with Gasteiger partial charge in [0.25, 0.3) is 5.56 Å². The number of rotatable bonds is 4. The summed E-state index contributed by atoms with van der Waals surface area (Å²) in [6.45, 7) is 1.48. The van der Waals surface area contributed by atoms with Crippen LogP contribution in [0.4, 0.5) is 0 Å². The van der Waals surface area contributed by atoms with Crippen molar-refractivity contribution in [2.75, 3.05) is 6.61 Å². The normalized spacial score (nSPS) is 10.6. The third-order valence-corrected chi connectivity index (χ3v) is 2.70. The third-order valence-electron chi connectivity index (χ3n) is 2.70. The molecule has 2 rings (SSSR count). The van der Waals surface area contributed by atoms with Gasteiger partial charge in [0.05, 0.1) is 24.1 Å². The highest BCUT2D eigenvalue weighted by molar-refractivity contribution is 5.86. The van der Waals surface area contributed by atoms with E-state index >= 15 is 0 Å². The van der Waals surface area contributed by atoms with E-state index < -0.39 is 12.7 Å². The quantitative estimate of drug-likeness (QED) is 0.809. The summed E-state index contributed by atoms with van der Waals surface area (Å²) in [6, 6.07) is 6.85. The number of aliphatic hydroxyl groups excluding tert-OH is 1. The highest BCUT2D eigenvalue weighted by Gasteiger charge is 2.13. The number of fused-ring (bicyclic) bond motifs is 1. The minimum Gasteiger partial charge on any atom is -0.466 e. The minimum absolute atomic E-state index is 0.0331. The van der Waals surface area contributed by atoms with E-state index in [0.717, 1.165) is 4.68 Å². The number of aromatic nitrogens is 2. The fourth-order valence-electron chi connectivity index (χ4n) is 1.88. The second kappa shape index (κ2) is 5.62. The molecule has 1 aromatic carbocycles. The first kappa shape index (κ1) is 13.2. The lowest BCUT2D eigenvalue weighted by atomic mass is 10.1. The molecule has 100 valence electrons. The number of hydrogen-bond donors (Lipinski definition) is 1. The molecule has 0 aliphatic carbocycles. The molecule has 0 spiro atoms. The Balaban J connectivity index is 2.56. The van der Waals surface area contributed by atoms with Gasteiger partial charge in [-0.15, -0.1) is 0 Å². The van der Waals surface area contributed by atoms with Crippen LogP contribution in [0.2, 0.25) is 0 Å². The Kier molecular flexibility index (Phi) is 3.91. The van der Waals surface area contributed by atoms with Crippen LogP contribution in [-0.2, 0) is 22.7 Å². The zero-order valence-electron chi connectivity index (χ0n) is 10.5. The van der Waals surface area contributed by atoms with Crippen molar-refractivity contribution in [1.82, 2.24) is 9.78 Å². The first-order chi connectivity index (χ1) is 9.17. The fourth-order valence-corrected chi connectivity index (χ4v) is 1.88. The number of nitrogens with zero attached hydrogens (tertiary/aromatic N) is 2. The first-order valence-electron chi connectivity index (χ1n) is 5.92. The molecule has 1 aromatic heterocycles. The molecular weight excluding hydrogens is 248 g/mol. The highest BCUT2D eigenvalue weighted by atomic mass is 16.5. The molecule has 1 N–H and O–H groups in total. The Bertz CT molecular complexity index is 663. The van der Waals surface area contributed by atoms with Crippen molar-refractivity contribution in [2.45, 2.75) is 20.1 Å².